The van der Waals surface area contributed by atoms with Crippen molar-refractivity contribution in [3.63, 3.8) is 0 Å². The fraction of sp³-hybridized carbons (Fsp3) is 0.438. The molecule has 0 spiro atoms. The molecule has 1 aromatic carbocycles. The number of rotatable bonds is 5. The molecule has 128 valence electrons. The van der Waals surface area contributed by atoms with Crippen molar-refractivity contribution in [2.45, 2.75) is 43.3 Å². The van der Waals surface area contributed by atoms with Gasteiger partial charge in [-0.3, -0.25) is 14.8 Å². The average Bonchev–Trinajstić information content (AvgIpc) is 3.05. The molecule has 0 saturated heterocycles. The summed E-state index contributed by atoms with van der Waals surface area (Å²) in [5.74, 6) is 5.98. The molecule has 1 aliphatic carbocycles. The van der Waals surface area contributed by atoms with Gasteiger partial charge < -0.3 is 0 Å². The SMILES string of the molecule is NNC(=O)CSc1nnc(-c2ccc(Cl)cc2)n1C1CCCCC1. The highest BCUT2D eigenvalue weighted by atomic mass is 35.5. The van der Waals surface area contributed by atoms with Crippen molar-refractivity contribution in [2.75, 3.05) is 5.75 Å². The highest BCUT2D eigenvalue weighted by Gasteiger charge is 2.24. The quantitative estimate of drug-likeness (QED) is 0.368. The molecule has 3 N–H and O–H groups in total. The number of hydrogen-bond donors (Lipinski definition) is 2. The van der Waals surface area contributed by atoms with Gasteiger partial charge in [0, 0.05) is 16.6 Å². The summed E-state index contributed by atoms with van der Waals surface area (Å²) in [6.07, 6.45) is 5.89. The van der Waals surface area contributed by atoms with Crippen molar-refractivity contribution in [1.29, 1.82) is 0 Å². The predicted molar refractivity (Wildman–Crippen MR) is 95.6 cm³/mol. The Morgan fingerprint density at radius 3 is 2.62 bits per heavy atom. The molecule has 0 bridgehead atoms. The van der Waals surface area contributed by atoms with E-state index in [0.29, 0.717) is 11.1 Å². The molecule has 0 atom stereocenters. The number of thioether (sulfide) groups is 1. The van der Waals surface area contributed by atoms with Gasteiger partial charge in [-0.25, -0.2) is 5.84 Å². The summed E-state index contributed by atoms with van der Waals surface area (Å²) in [6, 6.07) is 7.97. The van der Waals surface area contributed by atoms with Crippen LogP contribution in [0.25, 0.3) is 11.4 Å². The van der Waals surface area contributed by atoms with Crippen LogP contribution in [-0.2, 0) is 4.79 Å². The van der Waals surface area contributed by atoms with Gasteiger partial charge in [0.05, 0.1) is 5.75 Å². The Kier molecular flexibility index (Phi) is 5.76. The second-order valence-corrected chi connectivity index (χ2v) is 7.21. The van der Waals surface area contributed by atoms with Crippen molar-refractivity contribution >= 4 is 29.3 Å². The number of hydrazine groups is 1. The zero-order chi connectivity index (χ0) is 16.9. The predicted octanol–water partition coefficient (Wildman–Crippen LogP) is 3.19. The van der Waals surface area contributed by atoms with E-state index in [0.717, 1.165) is 29.4 Å². The molecular weight excluding hydrogens is 346 g/mol. The van der Waals surface area contributed by atoms with E-state index >= 15 is 0 Å². The molecule has 0 unspecified atom stereocenters. The first-order valence-corrected chi connectivity index (χ1v) is 9.38. The van der Waals surface area contributed by atoms with E-state index in [4.69, 9.17) is 17.4 Å². The summed E-state index contributed by atoms with van der Waals surface area (Å²) in [5.41, 5.74) is 3.13. The topological polar surface area (TPSA) is 85.8 Å². The first-order chi connectivity index (χ1) is 11.7. The van der Waals surface area contributed by atoms with Gasteiger partial charge in [-0.15, -0.1) is 10.2 Å². The maximum atomic E-state index is 11.5. The minimum absolute atomic E-state index is 0.224. The third kappa shape index (κ3) is 3.91. The lowest BCUT2D eigenvalue weighted by Gasteiger charge is -2.25. The molecule has 1 amide bonds. The summed E-state index contributed by atoms with van der Waals surface area (Å²) in [5, 5.41) is 10.2. The van der Waals surface area contributed by atoms with Crippen molar-refractivity contribution in [3.05, 3.63) is 29.3 Å². The van der Waals surface area contributed by atoms with Gasteiger partial charge >= 0.3 is 0 Å². The van der Waals surface area contributed by atoms with Crippen LogP contribution in [0.4, 0.5) is 0 Å². The van der Waals surface area contributed by atoms with Crippen LogP contribution in [0.5, 0.6) is 0 Å². The molecule has 0 radical (unpaired) electrons. The van der Waals surface area contributed by atoms with Crippen molar-refractivity contribution in [2.24, 2.45) is 5.84 Å². The van der Waals surface area contributed by atoms with Crippen LogP contribution in [0.3, 0.4) is 0 Å². The van der Waals surface area contributed by atoms with E-state index in [9.17, 15) is 4.79 Å². The van der Waals surface area contributed by atoms with Crippen LogP contribution >= 0.6 is 23.4 Å². The number of nitrogens with two attached hydrogens (primary N) is 1. The molecule has 0 aliphatic heterocycles. The summed E-state index contributed by atoms with van der Waals surface area (Å²) in [6.45, 7) is 0. The Morgan fingerprint density at radius 1 is 1.25 bits per heavy atom. The molecule has 1 aliphatic rings. The fourth-order valence-corrected chi connectivity index (χ4v) is 3.95. The molecule has 3 rings (SSSR count). The number of nitrogens with one attached hydrogen (secondary N) is 1. The maximum Gasteiger partial charge on any atom is 0.244 e. The second kappa shape index (κ2) is 8.00. The highest BCUT2D eigenvalue weighted by Crippen LogP contribution is 2.35. The number of nitrogens with zero attached hydrogens (tertiary/aromatic N) is 3. The van der Waals surface area contributed by atoms with E-state index < -0.39 is 0 Å². The van der Waals surface area contributed by atoms with Crippen LogP contribution < -0.4 is 11.3 Å². The summed E-state index contributed by atoms with van der Waals surface area (Å²) in [7, 11) is 0. The third-order valence-electron chi connectivity index (χ3n) is 4.20. The first-order valence-electron chi connectivity index (χ1n) is 8.02. The van der Waals surface area contributed by atoms with Crippen LogP contribution in [0.1, 0.15) is 38.1 Å². The molecule has 1 saturated carbocycles. The lowest BCUT2D eigenvalue weighted by Crippen LogP contribution is -2.31. The average molecular weight is 366 g/mol. The lowest BCUT2D eigenvalue weighted by molar-refractivity contribution is -0.118. The third-order valence-corrected chi connectivity index (χ3v) is 5.40. The van der Waals surface area contributed by atoms with Crippen LogP contribution in [0.2, 0.25) is 5.02 Å². The van der Waals surface area contributed by atoms with Crippen LogP contribution in [0, 0.1) is 0 Å². The molecule has 8 heteroatoms. The minimum atomic E-state index is -0.230. The van der Waals surface area contributed by atoms with Gasteiger partial charge in [-0.05, 0) is 37.1 Å². The largest absolute Gasteiger partial charge is 0.299 e. The number of halogens is 1. The lowest BCUT2D eigenvalue weighted by atomic mass is 9.95. The summed E-state index contributed by atoms with van der Waals surface area (Å²) >= 11 is 7.35. The molecule has 6 nitrogen and oxygen atoms in total. The number of carbonyl (C=O) groups excluding carboxylic acids is 1. The standard InChI is InChI=1S/C16H20ClN5OS/c17-12-8-6-11(7-9-12)15-20-21-16(24-10-14(23)19-18)22(15)13-4-2-1-3-5-13/h6-9,13H,1-5,10,18H2,(H,19,23). The molecular formula is C16H20ClN5OS. The van der Waals surface area contributed by atoms with Gasteiger partial charge in [0.25, 0.3) is 0 Å². The maximum absolute atomic E-state index is 11.5. The van der Waals surface area contributed by atoms with Gasteiger partial charge in [-0.1, -0.05) is 42.6 Å². The van der Waals surface area contributed by atoms with E-state index in [1.54, 1.807) is 0 Å². The normalized spacial score (nSPS) is 15.4. The fourth-order valence-electron chi connectivity index (χ4n) is 3.01. The van der Waals surface area contributed by atoms with E-state index in [1.807, 2.05) is 24.3 Å². The number of benzene rings is 1. The number of amides is 1. The van der Waals surface area contributed by atoms with Gasteiger partial charge in [-0.2, -0.15) is 0 Å². The first kappa shape index (κ1) is 17.3. The van der Waals surface area contributed by atoms with Crippen LogP contribution in [0.15, 0.2) is 29.4 Å². The Labute approximate surface area is 150 Å². The number of aromatic nitrogens is 3. The van der Waals surface area contributed by atoms with Gasteiger partial charge in [0.1, 0.15) is 0 Å². The molecule has 1 fully saturated rings. The van der Waals surface area contributed by atoms with Crippen molar-refractivity contribution in [1.82, 2.24) is 20.2 Å². The molecule has 24 heavy (non-hydrogen) atoms. The number of carbonyl (C=O) groups is 1. The summed E-state index contributed by atoms with van der Waals surface area (Å²) in [4.78, 5) is 11.5. The van der Waals surface area contributed by atoms with Crippen molar-refractivity contribution < 1.29 is 4.79 Å². The minimum Gasteiger partial charge on any atom is -0.299 e. The van der Waals surface area contributed by atoms with E-state index in [-0.39, 0.29) is 11.7 Å². The van der Waals surface area contributed by atoms with E-state index in [2.05, 4.69) is 20.2 Å². The Balaban J connectivity index is 1.93. The molecule has 2 aromatic rings. The number of hydrogen-bond acceptors (Lipinski definition) is 5. The van der Waals surface area contributed by atoms with Crippen LogP contribution in [-0.4, -0.2) is 26.4 Å². The van der Waals surface area contributed by atoms with Gasteiger partial charge in [0.2, 0.25) is 5.91 Å². The monoisotopic (exact) mass is 365 g/mol. The van der Waals surface area contributed by atoms with Gasteiger partial charge in [0.15, 0.2) is 11.0 Å². The van der Waals surface area contributed by atoms with Crippen molar-refractivity contribution in [3.8, 4) is 11.4 Å². The Morgan fingerprint density at radius 2 is 1.96 bits per heavy atom. The van der Waals surface area contributed by atoms with E-state index in [1.165, 1.54) is 31.0 Å². The second-order valence-electron chi connectivity index (χ2n) is 5.83. The zero-order valence-corrected chi connectivity index (χ0v) is 14.8. The highest BCUT2D eigenvalue weighted by molar-refractivity contribution is 7.99. The molecule has 1 aromatic heterocycles. The smallest absolute Gasteiger partial charge is 0.244 e. The Hall–Kier alpha value is -1.57. The summed E-state index contributed by atoms with van der Waals surface area (Å²) < 4.78 is 2.18. The Bertz CT molecular complexity index is 697. The molecule has 1 heterocycles. The zero-order valence-electron chi connectivity index (χ0n) is 13.2.